The molecule has 1 aromatic carbocycles. The summed E-state index contributed by atoms with van der Waals surface area (Å²) in [6.07, 6.45) is 1.51. The molecule has 0 bridgehead atoms. The van der Waals surface area contributed by atoms with Crippen LogP contribution >= 0.6 is 11.6 Å². The average Bonchev–Trinajstić information content (AvgIpc) is 2.10. The van der Waals surface area contributed by atoms with Gasteiger partial charge in [0.2, 0.25) is 0 Å². The molecule has 3 nitrogen and oxygen atoms in total. The zero-order chi connectivity index (χ0) is 9.68. The van der Waals surface area contributed by atoms with E-state index in [0.29, 0.717) is 11.6 Å². The molecule has 0 aromatic heterocycles. The molecule has 13 heavy (non-hydrogen) atoms. The average molecular weight is 199 g/mol. The number of benzene rings is 1. The Balaban J connectivity index is 3.03. The Hall–Kier alpha value is -1.22. The van der Waals surface area contributed by atoms with Gasteiger partial charge in [-0.1, -0.05) is 11.6 Å². The van der Waals surface area contributed by atoms with Crippen molar-refractivity contribution in [2.24, 2.45) is 10.9 Å². The summed E-state index contributed by atoms with van der Waals surface area (Å²) in [5, 5.41) is 4.06. The Morgan fingerprint density at radius 3 is 3.00 bits per heavy atom. The van der Waals surface area contributed by atoms with Crippen LogP contribution in [0.5, 0.6) is 5.75 Å². The van der Waals surface area contributed by atoms with Gasteiger partial charge in [-0.3, -0.25) is 0 Å². The van der Waals surface area contributed by atoms with E-state index < -0.39 is 0 Å². The largest absolute Gasteiger partial charge is 0.493 e. The maximum absolute atomic E-state index is 5.79. The van der Waals surface area contributed by atoms with E-state index in [9.17, 15) is 0 Å². The van der Waals surface area contributed by atoms with E-state index in [4.69, 9.17) is 22.2 Å². The number of hydrogen-bond donors (Lipinski definition) is 1. The van der Waals surface area contributed by atoms with Gasteiger partial charge < -0.3 is 10.6 Å². The van der Waals surface area contributed by atoms with Crippen LogP contribution in [0.25, 0.3) is 0 Å². The van der Waals surface area contributed by atoms with Crippen LogP contribution in [0, 0.1) is 0 Å². The third-order valence-corrected chi connectivity index (χ3v) is 1.72. The van der Waals surface area contributed by atoms with Gasteiger partial charge in [0, 0.05) is 10.6 Å². The summed E-state index contributed by atoms with van der Waals surface area (Å²) in [6.45, 7) is 2.52. The first kappa shape index (κ1) is 9.86. The highest BCUT2D eigenvalue weighted by Crippen LogP contribution is 2.21. The van der Waals surface area contributed by atoms with Gasteiger partial charge in [0.15, 0.2) is 0 Å². The van der Waals surface area contributed by atoms with Crippen molar-refractivity contribution in [3.05, 3.63) is 28.8 Å². The van der Waals surface area contributed by atoms with Crippen LogP contribution in [0.1, 0.15) is 12.5 Å². The lowest BCUT2D eigenvalue weighted by Crippen LogP contribution is -1.96. The maximum Gasteiger partial charge on any atom is 0.128 e. The first-order valence-electron chi connectivity index (χ1n) is 3.93. The standard InChI is InChI=1S/C9H11ClN2O/c1-2-13-9-4-3-8(10)5-7(9)6-12-11/h3-6H,2,11H2,1H3. The first-order valence-corrected chi connectivity index (χ1v) is 4.31. The van der Waals surface area contributed by atoms with Crippen molar-refractivity contribution in [3.8, 4) is 5.75 Å². The second-order valence-electron chi connectivity index (χ2n) is 2.39. The Morgan fingerprint density at radius 1 is 1.62 bits per heavy atom. The van der Waals surface area contributed by atoms with Crippen LogP contribution in [0.4, 0.5) is 0 Å². The van der Waals surface area contributed by atoms with Crippen LogP contribution < -0.4 is 10.6 Å². The maximum atomic E-state index is 5.79. The molecular formula is C9H11ClN2O. The van der Waals surface area contributed by atoms with Crippen molar-refractivity contribution in [1.82, 2.24) is 0 Å². The second-order valence-corrected chi connectivity index (χ2v) is 2.83. The number of hydrogen-bond acceptors (Lipinski definition) is 3. The molecular weight excluding hydrogens is 188 g/mol. The van der Waals surface area contributed by atoms with Gasteiger partial charge in [-0.25, -0.2) is 0 Å². The van der Waals surface area contributed by atoms with Gasteiger partial charge in [0.05, 0.1) is 12.8 Å². The monoisotopic (exact) mass is 198 g/mol. The minimum atomic E-state index is 0.604. The van der Waals surface area contributed by atoms with Gasteiger partial charge in [-0.15, -0.1) is 0 Å². The molecule has 0 aliphatic heterocycles. The van der Waals surface area contributed by atoms with Crippen molar-refractivity contribution < 1.29 is 4.74 Å². The third-order valence-electron chi connectivity index (χ3n) is 1.49. The summed E-state index contributed by atoms with van der Waals surface area (Å²) in [5.74, 6) is 5.78. The summed E-state index contributed by atoms with van der Waals surface area (Å²) < 4.78 is 5.34. The lowest BCUT2D eigenvalue weighted by Gasteiger charge is -2.06. The second kappa shape index (κ2) is 4.72. The Bertz CT molecular complexity index is 312. The molecule has 4 heteroatoms. The molecule has 0 saturated carbocycles. The van der Waals surface area contributed by atoms with Gasteiger partial charge in [-0.2, -0.15) is 5.10 Å². The Kier molecular flexibility index (Phi) is 3.58. The first-order chi connectivity index (χ1) is 6.27. The molecule has 2 N–H and O–H groups in total. The molecule has 0 radical (unpaired) electrons. The zero-order valence-corrected chi connectivity index (χ0v) is 8.08. The van der Waals surface area contributed by atoms with E-state index in [1.165, 1.54) is 6.21 Å². The number of halogens is 1. The Labute approximate surface area is 82.1 Å². The number of ether oxygens (including phenoxy) is 1. The number of nitrogens with zero attached hydrogens (tertiary/aromatic N) is 1. The predicted molar refractivity (Wildman–Crippen MR) is 54.4 cm³/mol. The zero-order valence-electron chi connectivity index (χ0n) is 7.33. The highest BCUT2D eigenvalue weighted by atomic mass is 35.5. The topological polar surface area (TPSA) is 47.6 Å². The van der Waals surface area contributed by atoms with Crippen LogP contribution in [0.3, 0.4) is 0 Å². The van der Waals surface area contributed by atoms with E-state index in [0.717, 1.165) is 11.3 Å². The van der Waals surface area contributed by atoms with Crippen molar-refractivity contribution >= 4 is 17.8 Å². The van der Waals surface area contributed by atoms with Gasteiger partial charge >= 0.3 is 0 Å². The molecule has 0 atom stereocenters. The smallest absolute Gasteiger partial charge is 0.128 e. The molecule has 0 heterocycles. The van der Waals surface area contributed by atoms with Crippen molar-refractivity contribution in [1.29, 1.82) is 0 Å². The summed E-state index contributed by atoms with van der Waals surface area (Å²) in [5.41, 5.74) is 0.789. The summed E-state index contributed by atoms with van der Waals surface area (Å²) in [6, 6.07) is 5.31. The molecule has 0 unspecified atom stereocenters. The van der Waals surface area contributed by atoms with Crippen molar-refractivity contribution in [2.45, 2.75) is 6.92 Å². The van der Waals surface area contributed by atoms with Crippen LogP contribution in [0.15, 0.2) is 23.3 Å². The Morgan fingerprint density at radius 2 is 2.38 bits per heavy atom. The quantitative estimate of drug-likeness (QED) is 0.459. The molecule has 0 aliphatic rings. The molecule has 0 amide bonds. The molecule has 0 aliphatic carbocycles. The van der Waals surface area contributed by atoms with Crippen molar-refractivity contribution in [2.75, 3.05) is 6.61 Å². The van der Waals surface area contributed by atoms with E-state index in [2.05, 4.69) is 5.10 Å². The molecule has 0 spiro atoms. The van der Waals surface area contributed by atoms with Gasteiger partial charge in [0.25, 0.3) is 0 Å². The minimum Gasteiger partial charge on any atom is -0.493 e. The van der Waals surface area contributed by atoms with Crippen LogP contribution in [-0.4, -0.2) is 12.8 Å². The van der Waals surface area contributed by atoms with Crippen LogP contribution in [-0.2, 0) is 0 Å². The number of hydrazone groups is 1. The van der Waals surface area contributed by atoms with E-state index in [1.807, 2.05) is 6.92 Å². The summed E-state index contributed by atoms with van der Waals surface area (Å²) in [7, 11) is 0. The lowest BCUT2D eigenvalue weighted by atomic mass is 10.2. The normalized spacial score (nSPS) is 10.6. The number of nitrogens with two attached hydrogens (primary N) is 1. The molecule has 70 valence electrons. The fourth-order valence-electron chi connectivity index (χ4n) is 0.987. The molecule has 0 saturated heterocycles. The van der Waals surface area contributed by atoms with E-state index >= 15 is 0 Å². The van der Waals surface area contributed by atoms with Crippen molar-refractivity contribution in [3.63, 3.8) is 0 Å². The highest BCUT2D eigenvalue weighted by molar-refractivity contribution is 6.30. The lowest BCUT2D eigenvalue weighted by molar-refractivity contribution is 0.340. The molecule has 1 rings (SSSR count). The highest BCUT2D eigenvalue weighted by Gasteiger charge is 2.01. The van der Waals surface area contributed by atoms with E-state index in [-0.39, 0.29) is 0 Å². The summed E-state index contributed by atoms with van der Waals surface area (Å²) >= 11 is 5.79. The minimum absolute atomic E-state index is 0.604. The van der Waals surface area contributed by atoms with Gasteiger partial charge in [-0.05, 0) is 25.1 Å². The van der Waals surface area contributed by atoms with E-state index in [1.54, 1.807) is 18.2 Å². The number of rotatable bonds is 3. The summed E-state index contributed by atoms with van der Waals surface area (Å²) in [4.78, 5) is 0. The third kappa shape index (κ3) is 2.63. The SMILES string of the molecule is CCOc1ccc(Cl)cc1C=NN. The van der Waals surface area contributed by atoms with Crippen LogP contribution in [0.2, 0.25) is 5.02 Å². The van der Waals surface area contributed by atoms with Gasteiger partial charge in [0.1, 0.15) is 5.75 Å². The molecule has 1 aromatic rings. The fourth-order valence-corrected chi connectivity index (χ4v) is 1.17. The molecule has 0 fully saturated rings. The predicted octanol–water partition coefficient (Wildman–Crippen LogP) is 2.03. The fraction of sp³-hybridized carbons (Fsp3) is 0.222.